The first-order valence-corrected chi connectivity index (χ1v) is 4.49. The van der Waals surface area contributed by atoms with E-state index in [1.165, 1.54) is 0 Å². The zero-order valence-electron chi connectivity index (χ0n) is 6.69. The molecule has 2 unspecified atom stereocenters. The number of hydrogen-bond acceptors (Lipinski definition) is 2. The summed E-state index contributed by atoms with van der Waals surface area (Å²) >= 11 is 0. The van der Waals surface area contributed by atoms with Crippen LogP contribution in [0.25, 0.3) is 0 Å². The van der Waals surface area contributed by atoms with Gasteiger partial charge in [-0.15, -0.1) is 0 Å². The second-order valence-corrected chi connectivity index (χ2v) is 4.27. The molecule has 2 heteroatoms. The van der Waals surface area contributed by atoms with Crippen LogP contribution in [0.3, 0.4) is 0 Å². The van der Waals surface area contributed by atoms with Crippen LogP contribution in [0.2, 0.25) is 0 Å². The summed E-state index contributed by atoms with van der Waals surface area (Å²) in [5.74, 6) is 0. The average Bonchev–Trinajstić information content (AvgIpc) is 2.76. The molecule has 0 spiro atoms. The van der Waals surface area contributed by atoms with Crippen molar-refractivity contribution in [3.63, 3.8) is 0 Å². The van der Waals surface area contributed by atoms with E-state index in [2.05, 4.69) is 24.3 Å². The lowest BCUT2D eigenvalue weighted by Crippen LogP contribution is -2.57. The van der Waals surface area contributed by atoms with Crippen LogP contribution in [0.15, 0.2) is 24.3 Å². The summed E-state index contributed by atoms with van der Waals surface area (Å²) in [6.07, 6.45) is 9.78. The van der Waals surface area contributed by atoms with Crippen molar-refractivity contribution in [2.45, 2.75) is 12.2 Å². The molecule has 4 aliphatic rings. The number of hydrogen-bond donors (Lipinski definition) is 0. The quantitative estimate of drug-likeness (QED) is 0.493. The van der Waals surface area contributed by atoms with E-state index < -0.39 is 0 Å². The molecule has 0 aromatic rings. The van der Waals surface area contributed by atoms with E-state index in [9.17, 15) is 0 Å². The van der Waals surface area contributed by atoms with Gasteiger partial charge in [-0.3, -0.25) is 0 Å². The fourth-order valence-electron chi connectivity index (χ4n) is 3.20. The minimum atomic E-state index is 0.229. The van der Waals surface area contributed by atoms with Crippen molar-refractivity contribution in [3.8, 4) is 0 Å². The Labute approximate surface area is 70.8 Å². The van der Waals surface area contributed by atoms with E-state index in [4.69, 9.17) is 9.47 Å². The molecule has 0 aromatic carbocycles. The molecule has 2 heterocycles. The van der Waals surface area contributed by atoms with Gasteiger partial charge in [-0.1, -0.05) is 24.3 Å². The molecule has 0 aromatic heterocycles. The second-order valence-electron chi connectivity index (χ2n) is 4.27. The molecule has 0 radical (unpaired) electrons. The highest BCUT2D eigenvalue weighted by molar-refractivity contribution is 5.43. The number of allylic oxidation sites excluding steroid dienone is 2. The molecule has 2 aliphatic carbocycles. The van der Waals surface area contributed by atoms with Crippen LogP contribution in [0.5, 0.6) is 0 Å². The lowest BCUT2D eigenvalue weighted by atomic mass is 9.50. The molecule has 62 valence electrons. The van der Waals surface area contributed by atoms with Crippen molar-refractivity contribution >= 4 is 0 Å². The second kappa shape index (κ2) is 1.42. The van der Waals surface area contributed by atoms with Gasteiger partial charge in [0.05, 0.1) is 36.3 Å². The Kier molecular flexibility index (Phi) is 0.706. The predicted molar refractivity (Wildman–Crippen MR) is 42.6 cm³/mol. The van der Waals surface area contributed by atoms with Crippen molar-refractivity contribution in [2.75, 3.05) is 13.2 Å². The third-order valence-electron chi connectivity index (χ3n) is 3.95. The van der Waals surface area contributed by atoms with Gasteiger partial charge in [-0.2, -0.15) is 0 Å². The standard InChI is InChI=1S/C10H10O2/c1-2-4-10-6-11-5-9(10,3-1)7-8(10)12-7/h1-4,7-8H,5-6H2/t7?,8?,9-,10+. The lowest BCUT2D eigenvalue weighted by Gasteiger charge is -2.47. The van der Waals surface area contributed by atoms with Gasteiger partial charge >= 0.3 is 0 Å². The first-order valence-electron chi connectivity index (χ1n) is 4.49. The third kappa shape index (κ3) is 0.352. The summed E-state index contributed by atoms with van der Waals surface area (Å²) in [6, 6.07) is 0. The van der Waals surface area contributed by atoms with Crippen LogP contribution in [-0.4, -0.2) is 25.4 Å². The Balaban J connectivity index is 1.97. The summed E-state index contributed by atoms with van der Waals surface area (Å²) in [5.41, 5.74) is 0.457. The summed E-state index contributed by atoms with van der Waals surface area (Å²) in [6.45, 7) is 1.71. The molecule has 1 saturated carbocycles. The molecule has 4 rings (SSSR count). The molecular weight excluding hydrogens is 152 g/mol. The zero-order chi connectivity index (χ0) is 7.81. The van der Waals surface area contributed by atoms with Crippen molar-refractivity contribution in [3.05, 3.63) is 24.3 Å². The molecule has 12 heavy (non-hydrogen) atoms. The van der Waals surface area contributed by atoms with Crippen LogP contribution in [0.1, 0.15) is 0 Å². The van der Waals surface area contributed by atoms with Gasteiger partial charge in [0.25, 0.3) is 0 Å². The first kappa shape index (κ1) is 5.95. The summed E-state index contributed by atoms with van der Waals surface area (Å²) in [5, 5.41) is 0. The van der Waals surface area contributed by atoms with E-state index in [1.54, 1.807) is 0 Å². The Morgan fingerprint density at radius 3 is 2.17 bits per heavy atom. The smallest absolute Gasteiger partial charge is 0.0975 e. The third-order valence-corrected chi connectivity index (χ3v) is 3.95. The van der Waals surface area contributed by atoms with E-state index in [1.807, 2.05) is 0 Å². The fraction of sp³-hybridized carbons (Fsp3) is 0.600. The molecule has 3 fully saturated rings. The Morgan fingerprint density at radius 1 is 1.00 bits per heavy atom. The molecule has 0 amide bonds. The van der Waals surface area contributed by atoms with Gasteiger partial charge in [-0.05, 0) is 0 Å². The SMILES string of the molecule is C1=C[C@@]23COC[C@]2(C=C1)C1OC13. The highest BCUT2D eigenvalue weighted by Gasteiger charge is 2.82. The van der Waals surface area contributed by atoms with Crippen LogP contribution in [-0.2, 0) is 9.47 Å². The topological polar surface area (TPSA) is 21.8 Å². The Hall–Kier alpha value is -0.600. The highest BCUT2D eigenvalue weighted by Crippen LogP contribution is 2.73. The van der Waals surface area contributed by atoms with Gasteiger partial charge < -0.3 is 9.47 Å². The molecule has 2 aliphatic heterocycles. The molecule has 2 saturated heterocycles. The van der Waals surface area contributed by atoms with E-state index in [0.29, 0.717) is 12.2 Å². The Morgan fingerprint density at radius 2 is 1.58 bits per heavy atom. The van der Waals surface area contributed by atoms with Crippen LogP contribution >= 0.6 is 0 Å². The average molecular weight is 162 g/mol. The van der Waals surface area contributed by atoms with Crippen LogP contribution in [0, 0.1) is 10.8 Å². The van der Waals surface area contributed by atoms with Gasteiger partial charge in [0, 0.05) is 0 Å². The minimum Gasteiger partial charge on any atom is -0.379 e. The van der Waals surface area contributed by atoms with Gasteiger partial charge in [0.2, 0.25) is 0 Å². The monoisotopic (exact) mass is 162 g/mol. The zero-order valence-corrected chi connectivity index (χ0v) is 6.69. The van der Waals surface area contributed by atoms with Gasteiger partial charge in [0.15, 0.2) is 0 Å². The van der Waals surface area contributed by atoms with E-state index in [-0.39, 0.29) is 10.8 Å². The maximum absolute atomic E-state index is 5.64. The van der Waals surface area contributed by atoms with Crippen molar-refractivity contribution < 1.29 is 9.47 Å². The Bertz CT molecular complexity index is 290. The highest BCUT2D eigenvalue weighted by atomic mass is 16.6. The molecular formula is C10H10O2. The molecule has 0 bridgehead atoms. The molecule has 4 atom stereocenters. The summed E-state index contributed by atoms with van der Waals surface area (Å²) < 4.78 is 11.2. The van der Waals surface area contributed by atoms with Crippen LogP contribution in [0.4, 0.5) is 0 Å². The lowest BCUT2D eigenvalue weighted by molar-refractivity contribution is 0.121. The predicted octanol–water partition coefficient (Wildman–Crippen LogP) is 0.896. The van der Waals surface area contributed by atoms with Crippen molar-refractivity contribution in [2.24, 2.45) is 10.8 Å². The fourth-order valence-corrected chi connectivity index (χ4v) is 3.20. The number of rotatable bonds is 0. The van der Waals surface area contributed by atoms with E-state index >= 15 is 0 Å². The molecule has 0 N–H and O–H groups in total. The maximum atomic E-state index is 5.64. The maximum Gasteiger partial charge on any atom is 0.0975 e. The first-order chi connectivity index (χ1) is 5.89. The summed E-state index contributed by atoms with van der Waals surface area (Å²) in [4.78, 5) is 0. The number of ether oxygens (including phenoxy) is 2. The number of fused-ring (bicyclic) bond motifs is 1. The largest absolute Gasteiger partial charge is 0.379 e. The van der Waals surface area contributed by atoms with Gasteiger partial charge in [-0.25, -0.2) is 0 Å². The van der Waals surface area contributed by atoms with Crippen molar-refractivity contribution in [1.82, 2.24) is 0 Å². The summed E-state index contributed by atoms with van der Waals surface area (Å²) in [7, 11) is 0. The minimum absolute atomic E-state index is 0.229. The van der Waals surface area contributed by atoms with Crippen LogP contribution < -0.4 is 0 Å². The van der Waals surface area contributed by atoms with E-state index in [0.717, 1.165) is 13.2 Å². The normalized spacial score (nSPS) is 63.3. The van der Waals surface area contributed by atoms with Gasteiger partial charge in [0.1, 0.15) is 0 Å². The number of epoxide rings is 1. The molecule has 2 nitrogen and oxygen atoms in total. The van der Waals surface area contributed by atoms with Crippen molar-refractivity contribution in [1.29, 1.82) is 0 Å².